The zero-order valence-electron chi connectivity index (χ0n) is 9.71. The van der Waals surface area contributed by atoms with Crippen LogP contribution in [0, 0.1) is 11.3 Å². The predicted octanol–water partition coefficient (Wildman–Crippen LogP) is 0.792. The zero-order valence-corrected chi connectivity index (χ0v) is 9.71. The van der Waals surface area contributed by atoms with E-state index in [1.165, 1.54) is 7.11 Å². The fourth-order valence-electron chi connectivity index (χ4n) is 2.09. The van der Waals surface area contributed by atoms with Crippen LogP contribution in [-0.2, 0) is 14.3 Å². The minimum absolute atomic E-state index is 0.0188. The Morgan fingerprint density at radius 3 is 2.39 bits per heavy atom. The van der Waals surface area contributed by atoms with Crippen LogP contribution in [0.2, 0.25) is 0 Å². The van der Waals surface area contributed by atoms with E-state index in [0.29, 0.717) is 5.92 Å². The van der Waals surface area contributed by atoms with Crippen molar-refractivity contribution in [1.29, 1.82) is 0 Å². The normalized spacial score (nSPS) is 29.4. The summed E-state index contributed by atoms with van der Waals surface area (Å²) in [7, 11) is 1.47. The van der Waals surface area contributed by atoms with E-state index >= 15 is 0 Å². The third kappa shape index (κ3) is 3.12. The predicted molar refractivity (Wildman–Crippen MR) is 53.7 cm³/mol. The van der Waals surface area contributed by atoms with Gasteiger partial charge in [0.1, 0.15) is 0 Å². The van der Waals surface area contributed by atoms with Gasteiger partial charge in [-0.1, -0.05) is 0 Å². The van der Waals surface area contributed by atoms with E-state index in [2.05, 4.69) is 5.32 Å². The van der Waals surface area contributed by atoms with E-state index in [-0.39, 0.29) is 11.4 Å². The molecule has 5 nitrogen and oxygen atoms in total. The van der Waals surface area contributed by atoms with E-state index in [1.807, 2.05) is 0 Å². The number of carboxylic acids is 1. The number of alkyl halides is 3. The van der Waals surface area contributed by atoms with E-state index in [0.717, 1.165) is 25.9 Å². The van der Waals surface area contributed by atoms with Crippen LogP contribution >= 0.6 is 0 Å². The van der Waals surface area contributed by atoms with Crippen molar-refractivity contribution < 1.29 is 32.6 Å². The molecule has 0 radical (unpaired) electrons. The number of methoxy groups -OCH3 is 1. The first kappa shape index (κ1) is 14.7. The molecule has 2 aliphatic rings. The van der Waals surface area contributed by atoms with Crippen molar-refractivity contribution in [3.8, 4) is 0 Å². The number of aliphatic carboxylic acids is 1. The van der Waals surface area contributed by atoms with Crippen molar-refractivity contribution in [3.63, 3.8) is 0 Å². The van der Waals surface area contributed by atoms with Crippen molar-refractivity contribution >= 4 is 11.9 Å². The van der Waals surface area contributed by atoms with Crippen molar-refractivity contribution in [2.24, 2.45) is 11.3 Å². The smallest absolute Gasteiger partial charge is 0.475 e. The molecule has 1 saturated carbocycles. The molecule has 0 amide bonds. The second-order valence-corrected chi connectivity index (χ2v) is 4.32. The standard InChI is InChI=1S/C8H13NO2.C2HF3O2/c1-11-7(10)8-4-6(8)2-3-9-5-8;3-2(4,5)1(6)7/h6,9H,2-5H2,1H3;(H,6,7). The molecule has 2 rings (SSSR count). The first-order chi connectivity index (χ1) is 8.24. The first-order valence-electron chi connectivity index (χ1n) is 5.33. The SMILES string of the molecule is COC(=O)C12CNCCC1C2.O=C(O)C(F)(F)F. The molecule has 2 atom stereocenters. The van der Waals surface area contributed by atoms with Gasteiger partial charge < -0.3 is 15.2 Å². The van der Waals surface area contributed by atoms with Gasteiger partial charge in [0.2, 0.25) is 0 Å². The van der Waals surface area contributed by atoms with Crippen LogP contribution < -0.4 is 5.32 Å². The zero-order chi connectivity index (χ0) is 14.0. The molecule has 1 heterocycles. The molecule has 1 saturated heterocycles. The fourth-order valence-corrected chi connectivity index (χ4v) is 2.09. The summed E-state index contributed by atoms with van der Waals surface area (Å²) in [5.74, 6) is -2.17. The number of carboxylic acid groups (broad SMARTS) is 1. The van der Waals surface area contributed by atoms with E-state index in [4.69, 9.17) is 14.6 Å². The van der Waals surface area contributed by atoms with E-state index in [1.54, 1.807) is 0 Å². The third-order valence-electron chi connectivity index (χ3n) is 3.18. The van der Waals surface area contributed by atoms with Crippen LogP contribution in [-0.4, -0.2) is 43.4 Å². The molecule has 0 aromatic carbocycles. The quantitative estimate of drug-likeness (QED) is 0.688. The molecular weight excluding hydrogens is 255 g/mol. The Morgan fingerprint density at radius 2 is 2.00 bits per heavy atom. The number of nitrogens with one attached hydrogen (secondary N) is 1. The number of ether oxygens (including phenoxy) is 1. The number of esters is 1. The van der Waals surface area contributed by atoms with Gasteiger partial charge in [-0.25, -0.2) is 4.79 Å². The molecular formula is C10H14F3NO4. The van der Waals surface area contributed by atoms with Crippen LogP contribution in [0.25, 0.3) is 0 Å². The molecule has 1 aliphatic carbocycles. The van der Waals surface area contributed by atoms with Crippen LogP contribution in [0.15, 0.2) is 0 Å². The molecule has 8 heteroatoms. The van der Waals surface area contributed by atoms with Gasteiger partial charge in [-0.15, -0.1) is 0 Å². The van der Waals surface area contributed by atoms with Crippen LogP contribution in [0.5, 0.6) is 0 Å². The third-order valence-corrected chi connectivity index (χ3v) is 3.18. The highest BCUT2D eigenvalue weighted by atomic mass is 19.4. The summed E-state index contributed by atoms with van der Waals surface area (Å²) in [4.78, 5) is 20.2. The second kappa shape index (κ2) is 5.13. The molecule has 104 valence electrons. The monoisotopic (exact) mass is 269 g/mol. The Hall–Kier alpha value is -1.31. The molecule has 0 aromatic rings. The van der Waals surface area contributed by atoms with Gasteiger partial charge in [-0.3, -0.25) is 4.79 Å². The van der Waals surface area contributed by atoms with Gasteiger partial charge >= 0.3 is 18.1 Å². The summed E-state index contributed by atoms with van der Waals surface area (Å²) in [6, 6.07) is 0. The van der Waals surface area contributed by atoms with E-state index in [9.17, 15) is 18.0 Å². The largest absolute Gasteiger partial charge is 0.490 e. The number of hydrogen-bond donors (Lipinski definition) is 2. The lowest BCUT2D eigenvalue weighted by atomic mass is 9.99. The molecule has 2 N–H and O–H groups in total. The summed E-state index contributed by atoms with van der Waals surface area (Å²) >= 11 is 0. The lowest BCUT2D eigenvalue weighted by molar-refractivity contribution is -0.192. The lowest BCUT2D eigenvalue weighted by Crippen LogP contribution is -2.37. The summed E-state index contributed by atoms with van der Waals surface area (Å²) in [6.45, 7) is 1.88. The summed E-state index contributed by atoms with van der Waals surface area (Å²) in [5, 5.41) is 10.4. The van der Waals surface area contributed by atoms with Crippen LogP contribution in [0.1, 0.15) is 12.8 Å². The highest BCUT2D eigenvalue weighted by molar-refractivity contribution is 5.81. The van der Waals surface area contributed by atoms with Crippen molar-refractivity contribution in [2.75, 3.05) is 20.2 Å². The van der Waals surface area contributed by atoms with Gasteiger partial charge in [0.25, 0.3) is 0 Å². The Bertz CT molecular complexity index is 345. The van der Waals surface area contributed by atoms with Crippen molar-refractivity contribution in [3.05, 3.63) is 0 Å². The van der Waals surface area contributed by atoms with Gasteiger partial charge in [-0.05, 0) is 25.3 Å². The molecule has 1 aliphatic heterocycles. The van der Waals surface area contributed by atoms with E-state index < -0.39 is 12.1 Å². The van der Waals surface area contributed by atoms with Crippen molar-refractivity contribution in [2.45, 2.75) is 19.0 Å². The van der Waals surface area contributed by atoms with Crippen LogP contribution in [0.4, 0.5) is 13.2 Å². The number of fused-ring (bicyclic) bond motifs is 1. The minimum atomic E-state index is -5.08. The highest BCUT2D eigenvalue weighted by Gasteiger charge is 2.61. The number of rotatable bonds is 1. The van der Waals surface area contributed by atoms with Crippen molar-refractivity contribution in [1.82, 2.24) is 5.32 Å². The van der Waals surface area contributed by atoms with Crippen LogP contribution in [0.3, 0.4) is 0 Å². The maximum atomic E-state index is 11.3. The molecule has 0 aromatic heterocycles. The highest BCUT2D eigenvalue weighted by Crippen LogP contribution is 2.56. The fraction of sp³-hybridized carbons (Fsp3) is 0.800. The van der Waals surface area contributed by atoms with Gasteiger partial charge in [0.15, 0.2) is 0 Å². The Labute approximate surface area is 101 Å². The lowest BCUT2D eigenvalue weighted by Gasteiger charge is -2.19. The average molecular weight is 269 g/mol. The first-order valence-corrected chi connectivity index (χ1v) is 5.33. The second-order valence-electron chi connectivity index (χ2n) is 4.32. The van der Waals surface area contributed by atoms with Gasteiger partial charge in [0.05, 0.1) is 12.5 Å². The summed E-state index contributed by atoms with van der Waals surface area (Å²) in [5.41, 5.74) is -0.118. The summed E-state index contributed by atoms with van der Waals surface area (Å²) in [6.07, 6.45) is -2.91. The van der Waals surface area contributed by atoms with Gasteiger partial charge in [-0.2, -0.15) is 13.2 Å². The topological polar surface area (TPSA) is 75.6 Å². The molecule has 18 heavy (non-hydrogen) atoms. The van der Waals surface area contributed by atoms with Gasteiger partial charge in [0, 0.05) is 6.54 Å². The number of carbonyl (C=O) groups excluding carboxylic acids is 1. The number of carbonyl (C=O) groups is 2. The molecule has 2 fully saturated rings. The molecule has 0 spiro atoms. The summed E-state index contributed by atoms with van der Waals surface area (Å²) < 4.78 is 36.5. The number of piperidine rings is 1. The Kier molecular flexibility index (Phi) is 4.20. The number of hydrogen-bond acceptors (Lipinski definition) is 4. The molecule has 2 unspecified atom stereocenters. The Morgan fingerprint density at radius 1 is 1.44 bits per heavy atom. The molecule has 0 bridgehead atoms. The average Bonchev–Trinajstić information content (AvgIpc) is 3.03. The maximum absolute atomic E-state index is 11.3. The number of halogens is 3. The Balaban J connectivity index is 0.000000203. The minimum Gasteiger partial charge on any atom is -0.475 e. The maximum Gasteiger partial charge on any atom is 0.490 e.